The fourth-order valence-electron chi connectivity index (χ4n) is 3.06. The molecule has 1 aliphatic heterocycles. The number of rotatable bonds is 6. The summed E-state index contributed by atoms with van der Waals surface area (Å²) in [6, 6.07) is 0.901. The van der Waals surface area contributed by atoms with Crippen LogP contribution in [0.5, 0.6) is 0 Å². The van der Waals surface area contributed by atoms with Crippen LogP contribution in [0.15, 0.2) is 17.3 Å². The Morgan fingerprint density at radius 1 is 1.37 bits per heavy atom. The highest BCUT2D eigenvalue weighted by molar-refractivity contribution is 6.33. The molecule has 11 heteroatoms. The number of alkyl halides is 3. The highest BCUT2D eigenvalue weighted by Crippen LogP contribution is 2.34. The molecule has 1 saturated heterocycles. The molecule has 0 bridgehead atoms. The number of pyridine rings is 1. The Balaban J connectivity index is 1.94. The summed E-state index contributed by atoms with van der Waals surface area (Å²) in [4.78, 5) is 22.1. The van der Waals surface area contributed by atoms with Gasteiger partial charge in [-0.1, -0.05) is 11.6 Å². The molecule has 2 heterocycles. The summed E-state index contributed by atoms with van der Waals surface area (Å²) in [5.74, 6) is 0.822. The molecule has 30 heavy (non-hydrogen) atoms. The lowest BCUT2D eigenvalue weighted by Crippen LogP contribution is -2.50. The van der Waals surface area contributed by atoms with Gasteiger partial charge in [-0.05, 0) is 33.3 Å². The average Bonchev–Trinajstić information content (AvgIpc) is 3.12. The standard InChI is InChI=1S/C19H28ClF3N6O/c1-5-25-16(30)18(2,3)11-27-17(24-4)28-13-6-7-29(10-13)15-14(20)8-12(9-26-15)19(21,22)23/h8-9,13H,5-7,10-11H2,1-4H3,(H,25,30)(H2,24,27,28). The number of aliphatic imine (C=N–C) groups is 1. The Morgan fingerprint density at radius 3 is 2.63 bits per heavy atom. The molecule has 168 valence electrons. The fraction of sp³-hybridized carbons (Fsp3) is 0.632. The summed E-state index contributed by atoms with van der Waals surface area (Å²) in [6.07, 6.45) is -2.95. The van der Waals surface area contributed by atoms with Crippen molar-refractivity contribution in [3.63, 3.8) is 0 Å². The molecular weight excluding hydrogens is 421 g/mol. The number of carbonyl (C=O) groups excluding carboxylic acids is 1. The zero-order valence-corrected chi connectivity index (χ0v) is 18.3. The van der Waals surface area contributed by atoms with Gasteiger partial charge in [0.05, 0.1) is 16.0 Å². The quantitative estimate of drug-likeness (QED) is 0.460. The van der Waals surface area contributed by atoms with Crippen molar-refractivity contribution in [1.82, 2.24) is 20.9 Å². The Hall–Kier alpha value is -2.23. The van der Waals surface area contributed by atoms with E-state index < -0.39 is 17.2 Å². The Morgan fingerprint density at radius 2 is 2.07 bits per heavy atom. The molecule has 2 rings (SSSR count). The maximum absolute atomic E-state index is 12.8. The van der Waals surface area contributed by atoms with Crippen LogP contribution < -0.4 is 20.9 Å². The number of amides is 1. The number of nitrogens with zero attached hydrogens (tertiary/aromatic N) is 3. The largest absolute Gasteiger partial charge is 0.417 e. The van der Waals surface area contributed by atoms with Crippen molar-refractivity contribution in [2.24, 2.45) is 10.4 Å². The summed E-state index contributed by atoms with van der Waals surface area (Å²) in [6.45, 7) is 7.61. The predicted octanol–water partition coefficient (Wildman–Crippen LogP) is 2.66. The van der Waals surface area contributed by atoms with Gasteiger partial charge in [0.2, 0.25) is 5.91 Å². The van der Waals surface area contributed by atoms with E-state index in [2.05, 4.69) is 25.9 Å². The predicted molar refractivity (Wildman–Crippen MR) is 112 cm³/mol. The van der Waals surface area contributed by atoms with Crippen molar-refractivity contribution in [1.29, 1.82) is 0 Å². The van der Waals surface area contributed by atoms with Crippen LogP contribution in [-0.2, 0) is 11.0 Å². The van der Waals surface area contributed by atoms with Crippen LogP contribution in [0, 0.1) is 5.41 Å². The molecule has 3 N–H and O–H groups in total. The molecule has 0 saturated carbocycles. The summed E-state index contributed by atoms with van der Waals surface area (Å²) in [7, 11) is 1.63. The van der Waals surface area contributed by atoms with Gasteiger partial charge in [-0.3, -0.25) is 9.79 Å². The van der Waals surface area contributed by atoms with Crippen molar-refractivity contribution in [3.05, 3.63) is 22.8 Å². The van der Waals surface area contributed by atoms with Gasteiger partial charge in [0.25, 0.3) is 0 Å². The van der Waals surface area contributed by atoms with E-state index in [1.807, 2.05) is 25.7 Å². The third-order valence-electron chi connectivity index (χ3n) is 4.85. The number of aromatic nitrogens is 1. The first-order valence-corrected chi connectivity index (χ1v) is 10.1. The maximum Gasteiger partial charge on any atom is 0.417 e. The Kier molecular flexibility index (Phi) is 7.79. The minimum atomic E-state index is -4.48. The number of halogens is 4. The second kappa shape index (κ2) is 9.72. The van der Waals surface area contributed by atoms with E-state index in [-0.39, 0.29) is 17.0 Å². The van der Waals surface area contributed by atoms with E-state index in [0.717, 1.165) is 18.7 Å². The van der Waals surface area contributed by atoms with Crippen LogP contribution in [0.3, 0.4) is 0 Å². The van der Waals surface area contributed by atoms with Gasteiger partial charge < -0.3 is 20.9 Å². The lowest BCUT2D eigenvalue weighted by Gasteiger charge is -2.26. The smallest absolute Gasteiger partial charge is 0.356 e. The first kappa shape index (κ1) is 24.0. The summed E-state index contributed by atoms with van der Waals surface area (Å²) < 4.78 is 38.4. The van der Waals surface area contributed by atoms with Gasteiger partial charge in [0.1, 0.15) is 5.82 Å². The molecule has 1 aromatic heterocycles. The highest BCUT2D eigenvalue weighted by atomic mass is 35.5. The SMILES string of the molecule is CCNC(=O)C(C)(C)CNC(=NC)NC1CCN(c2ncc(C(F)(F)F)cc2Cl)C1. The number of hydrogen-bond acceptors (Lipinski definition) is 4. The highest BCUT2D eigenvalue weighted by Gasteiger charge is 2.33. The van der Waals surface area contributed by atoms with E-state index in [4.69, 9.17) is 11.6 Å². The first-order valence-electron chi connectivity index (χ1n) is 9.71. The van der Waals surface area contributed by atoms with E-state index >= 15 is 0 Å². The number of hydrogen-bond donors (Lipinski definition) is 3. The Bertz CT molecular complexity index is 784. The molecule has 1 unspecified atom stereocenters. The second-order valence-electron chi connectivity index (χ2n) is 7.77. The minimum absolute atomic E-state index is 0.00365. The van der Waals surface area contributed by atoms with Gasteiger partial charge in [0.15, 0.2) is 5.96 Å². The van der Waals surface area contributed by atoms with Crippen LogP contribution in [0.1, 0.15) is 32.8 Å². The van der Waals surface area contributed by atoms with Crippen molar-refractivity contribution in [2.45, 2.75) is 39.4 Å². The van der Waals surface area contributed by atoms with E-state index in [1.54, 1.807) is 7.05 Å². The molecule has 1 aliphatic rings. The fourth-order valence-corrected chi connectivity index (χ4v) is 3.35. The molecule has 1 fully saturated rings. The molecule has 0 aliphatic carbocycles. The molecule has 0 spiro atoms. The normalized spacial score (nSPS) is 17.8. The van der Waals surface area contributed by atoms with Gasteiger partial charge >= 0.3 is 6.18 Å². The number of nitrogens with one attached hydrogen (secondary N) is 3. The zero-order valence-electron chi connectivity index (χ0n) is 17.5. The van der Waals surface area contributed by atoms with Gasteiger partial charge in [-0.2, -0.15) is 13.2 Å². The summed E-state index contributed by atoms with van der Waals surface area (Å²) in [5.41, 5.74) is -1.49. The van der Waals surface area contributed by atoms with Crippen LogP contribution in [0.2, 0.25) is 5.02 Å². The monoisotopic (exact) mass is 448 g/mol. The zero-order chi connectivity index (χ0) is 22.5. The van der Waals surface area contributed by atoms with Crippen LogP contribution in [0.4, 0.5) is 19.0 Å². The maximum atomic E-state index is 12.8. The third-order valence-corrected chi connectivity index (χ3v) is 5.13. The number of anilines is 1. The third kappa shape index (κ3) is 6.13. The number of carbonyl (C=O) groups is 1. The lowest BCUT2D eigenvalue weighted by atomic mass is 9.92. The van der Waals surface area contributed by atoms with Crippen LogP contribution in [0.25, 0.3) is 0 Å². The minimum Gasteiger partial charge on any atom is -0.356 e. The molecule has 0 aromatic carbocycles. The first-order chi connectivity index (χ1) is 14.0. The molecule has 0 radical (unpaired) electrons. The second-order valence-corrected chi connectivity index (χ2v) is 8.18. The van der Waals surface area contributed by atoms with Gasteiger partial charge in [-0.15, -0.1) is 0 Å². The lowest BCUT2D eigenvalue weighted by molar-refractivity contribution is -0.137. The van der Waals surface area contributed by atoms with Crippen LogP contribution in [-0.4, -0.2) is 56.1 Å². The molecule has 1 atom stereocenters. The van der Waals surface area contributed by atoms with Gasteiger partial charge in [0, 0.05) is 45.5 Å². The van der Waals surface area contributed by atoms with Crippen molar-refractivity contribution < 1.29 is 18.0 Å². The van der Waals surface area contributed by atoms with E-state index in [0.29, 0.717) is 38.0 Å². The summed E-state index contributed by atoms with van der Waals surface area (Å²) >= 11 is 6.05. The number of guanidine groups is 1. The Labute approximate surface area is 179 Å². The van der Waals surface area contributed by atoms with E-state index in [9.17, 15) is 18.0 Å². The van der Waals surface area contributed by atoms with Gasteiger partial charge in [-0.25, -0.2) is 4.98 Å². The van der Waals surface area contributed by atoms with Crippen molar-refractivity contribution in [3.8, 4) is 0 Å². The molecule has 7 nitrogen and oxygen atoms in total. The van der Waals surface area contributed by atoms with Crippen molar-refractivity contribution >= 4 is 29.3 Å². The molecular formula is C19H28ClF3N6O. The van der Waals surface area contributed by atoms with Crippen LogP contribution >= 0.6 is 11.6 Å². The molecule has 1 amide bonds. The van der Waals surface area contributed by atoms with E-state index in [1.165, 1.54) is 0 Å². The topological polar surface area (TPSA) is 81.6 Å². The molecule has 1 aromatic rings. The summed E-state index contributed by atoms with van der Waals surface area (Å²) in [5, 5.41) is 9.21. The van der Waals surface area contributed by atoms with Crippen molar-refractivity contribution in [2.75, 3.05) is 38.1 Å². The average molecular weight is 449 g/mol.